The van der Waals surface area contributed by atoms with E-state index >= 15 is 0 Å². The molecule has 0 radical (unpaired) electrons. The second kappa shape index (κ2) is 5.52. The maximum absolute atomic E-state index is 12.3. The minimum atomic E-state index is -1.31. The van der Waals surface area contributed by atoms with Crippen molar-refractivity contribution in [3.63, 3.8) is 0 Å². The van der Waals surface area contributed by atoms with Gasteiger partial charge in [0.05, 0.1) is 10.8 Å². The van der Waals surface area contributed by atoms with Crippen LogP contribution in [0, 0.1) is 0 Å². The predicted octanol–water partition coefficient (Wildman–Crippen LogP) is 1.39. The lowest BCUT2D eigenvalue weighted by Gasteiger charge is -2.19. The van der Waals surface area contributed by atoms with E-state index in [1.165, 1.54) is 0 Å². The van der Waals surface area contributed by atoms with Crippen LogP contribution in [-0.4, -0.2) is 33.4 Å². The van der Waals surface area contributed by atoms with Gasteiger partial charge in [-0.05, 0) is 44.0 Å². The normalized spacial score (nSPS) is 18.6. The molecule has 1 heterocycles. The third kappa shape index (κ3) is 2.72. The Morgan fingerprint density at radius 2 is 1.83 bits per heavy atom. The zero-order valence-electron chi connectivity index (χ0n) is 10.5. The van der Waals surface area contributed by atoms with Crippen molar-refractivity contribution in [1.82, 2.24) is 4.90 Å². The molecule has 0 bridgehead atoms. The lowest BCUT2D eigenvalue weighted by molar-refractivity contribution is -0.129. The maximum atomic E-state index is 12.3. The summed E-state index contributed by atoms with van der Waals surface area (Å²) < 4.78 is 12.3. The van der Waals surface area contributed by atoms with E-state index in [1.807, 2.05) is 0 Å². The lowest BCUT2D eigenvalue weighted by Crippen LogP contribution is -2.37. The van der Waals surface area contributed by atoms with Crippen LogP contribution < -0.4 is 5.73 Å². The van der Waals surface area contributed by atoms with Crippen molar-refractivity contribution in [3.05, 3.63) is 24.3 Å². The topological polar surface area (TPSA) is 63.4 Å². The van der Waals surface area contributed by atoms with Gasteiger partial charge in [-0.3, -0.25) is 9.00 Å². The highest BCUT2D eigenvalue weighted by molar-refractivity contribution is 7.86. The van der Waals surface area contributed by atoms with E-state index < -0.39 is 16.0 Å². The van der Waals surface area contributed by atoms with Crippen molar-refractivity contribution >= 4 is 22.4 Å². The quantitative estimate of drug-likeness (QED) is 0.841. The number of anilines is 1. The van der Waals surface area contributed by atoms with Crippen molar-refractivity contribution in [2.45, 2.75) is 29.9 Å². The molecule has 0 saturated carbocycles. The third-order valence-electron chi connectivity index (χ3n) is 3.20. The van der Waals surface area contributed by atoms with Crippen LogP contribution in [-0.2, 0) is 15.6 Å². The Morgan fingerprint density at radius 1 is 1.28 bits per heavy atom. The van der Waals surface area contributed by atoms with E-state index in [0.29, 0.717) is 10.6 Å². The van der Waals surface area contributed by atoms with Crippen LogP contribution in [0.3, 0.4) is 0 Å². The Hall–Kier alpha value is -1.36. The number of amides is 1. The molecule has 2 unspecified atom stereocenters. The highest BCUT2D eigenvalue weighted by Gasteiger charge is 2.27. The first-order chi connectivity index (χ1) is 8.59. The van der Waals surface area contributed by atoms with Crippen LogP contribution in [0.1, 0.15) is 19.8 Å². The molecule has 1 aliphatic rings. The SMILES string of the molecule is CC(C(=O)N1CCCC1)S(=O)c1ccc(N)cc1. The molecule has 2 rings (SSSR count). The smallest absolute Gasteiger partial charge is 0.238 e. The second-order valence-corrected chi connectivity index (χ2v) is 6.31. The number of nitrogen functional groups attached to an aromatic ring is 1. The molecule has 0 spiro atoms. The summed E-state index contributed by atoms with van der Waals surface area (Å²) in [6.07, 6.45) is 2.10. The molecule has 1 aromatic rings. The highest BCUT2D eigenvalue weighted by atomic mass is 32.2. The molecule has 18 heavy (non-hydrogen) atoms. The molecule has 1 aliphatic heterocycles. The van der Waals surface area contributed by atoms with Crippen molar-refractivity contribution in [3.8, 4) is 0 Å². The first kappa shape index (κ1) is 13.1. The number of carbonyl (C=O) groups excluding carboxylic acids is 1. The molecule has 4 nitrogen and oxygen atoms in total. The fraction of sp³-hybridized carbons (Fsp3) is 0.462. The van der Waals surface area contributed by atoms with Crippen LogP contribution in [0.4, 0.5) is 5.69 Å². The van der Waals surface area contributed by atoms with E-state index in [1.54, 1.807) is 36.1 Å². The average Bonchev–Trinajstić information content (AvgIpc) is 2.91. The third-order valence-corrected chi connectivity index (χ3v) is 4.78. The van der Waals surface area contributed by atoms with Gasteiger partial charge >= 0.3 is 0 Å². The number of rotatable bonds is 3. The van der Waals surface area contributed by atoms with Crippen LogP contribution in [0.5, 0.6) is 0 Å². The standard InChI is InChI=1S/C13H18N2O2S/c1-10(13(16)15-8-2-3-9-15)18(17)12-6-4-11(14)5-7-12/h4-7,10H,2-3,8-9,14H2,1H3. The van der Waals surface area contributed by atoms with E-state index in [4.69, 9.17) is 5.73 Å². The Kier molecular flexibility index (Phi) is 4.01. The van der Waals surface area contributed by atoms with E-state index in [2.05, 4.69) is 0 Å². The van der Waals surface area contributed by atoms with Gasteiger partial charge < -0.3 is 10.6 Å². The molecule has 1 aromatic carbocycles. The molecule has 0 aromatic heterocycles. The van der Waals surface area contributed by atoms with E-state index in [9.17, 15) is 9.00 Å². The zero-order valence-corrected chi connectivity index (χ0v) is 11.3. The highest BCUT2D eigenvalue weighted by Crippen LogP contribution is 2.17. The van der Waals surface area contributed by atoms with Gasteiger partial charge in [-0.25, -0.2) is 0 Å². The van der Waals surface area contributed by atoms with Gasteiger partial charge in [-0.1, -0.05) is 0 Å². The summed E-state index contributed by atoms with van der Waals surface area (Å²) in [7, 11) is -1.31. The predicted molar refractivity (Wildman–Crippen MR) is 72.5 cm³/mol. The fourth-order valence-corrected chi connectivity index (χ4v) is 3.24. The lowest BCUT2D eigenvalue weighted by atomic mass is 10.3. The number of benzene rings is 1. The summed E-state index contributed by atoms with van der Waals surface area (Å²) in [6.45, 7) is 3.32. The van der Waals surface area contributed by atoms with Crippen LogP contribution >= 0.6 is 0 Å². The molecule has 98 valence electrons. The van der Waals surface area contributed by atoms with Crippen LogP contribution in [0.25, 0.3) is 0 Å². The minimum Gasteiger partial charge on any atom is -0.399 e. The first-order valence-corrected chi connectivity index (χ1v) is 7.36. The summed E-state index contributed by atoms with van der Waals surface area (Å²) >= 11 is 0. The molecular weight excluding hydrogens is 248 g/mol. The fourth-order valence-electron chi connectivity index (χ4n) is 2.09. The van der Waals surface area contributed by atoms with Gasteiger partial charge in [0.1, 0.15) is 5.25 Å². The molecule has 1 fully saturated rings. The number of carbonyl (C=O) groups is 1. The number of hydrogen-bond acceptors (Lipinski definition) is 3. The Labute approximate surface area is 110 Å². The van der Waals surface area contributed by atoms with Gasteiger partial charge in [0.25, 0.3) is 0 Å². The first-order valence-electron chi connectivity index (χ1n) is 6.14. The average molecular weight is 266 g/mol. The maximum Gasteiger partial charge on any atom is 0.238 e. The van der Waals surface area contributed by atoms with E-state index in [-0.39, 0.29) is 5.91 Å². The molecule has 1 amide bonds. The zero-order chi connectivity index (χ0) is 13.1. The van der Waals surface area contributed by atoms with E-state index in [0.717, 1.165) is 25.9 Å². The van der Waals surface area contributed by atoms with Crippen molar-refractivity contribution in [2.75, 3.05) is 18.8 Å². The molecule has 5 heteroatoms. The summed E-state index contributed by atoms with van der Waals surface area (Å²) in [4.78, 5) is 14.6. The number of nitrogens with two attached hydrogens (primary N) is 1. The Morgan fingerprint density at radius 3 is 2.39 bits per heavy atom. The van der Waals surface area contributed by atoms with Crippen LogP contribution in [0.2, 0.25) is 0 Å². The largest absolute Gasteiger partial charge is 0.399 e. The van der Waals surface area contributed by atoms with Gasteiger partial charge in [-0.15, -0.1) is 0 Å². The van der Waals surface area contributed by atoms with Gasteiger partial charge in [0, 0.05) is 23.7 Å². The van der Waals surface area contributed by atoms with Crippen molar-refractivity contribution < 1.29 is 9.00 Å². The van der Waals surface area contributed by atoms with Crippen LogP contribution in [0.15, 0.2) is 29.2 Å². The summed E-state index contributed by atoms with van der Waals surface area (Å²) in [5.74, 6) is -0.0114. The number of nitrogens with zero attached hydrogens (tertiary/aromatic N) is 1. The summed E-state index contributed by atoms with van der Waals surface area (Å²) in [5, 5.41) is -0.494. The van der Waals surface area contributed by atoms with Crippen molar-refractivity contribution in [2.24, 2.45) is 0 Å². The molecule has 0 aliphatic carbocycles. The second-order valence-electron chi connectivity index (χ2n) is 4.54. The van der Waals surface area contributed by atoms with Gasteiger partial charge in [0.15, 0.2) is 0 Å². The Bertz CT molecular complexity index is 453. The molecule has 2 atom stereocenters. The van der Waals surface area contributed by atoms with Gasteiger partial charge in [-0.2, -0.15) is 0 Å². The van der Waals surface area contributed by atoms with Crippen molar-refractivity contribution in [1.29, 1.82) is 0 Å². The molecular formula is C13H18N2O2S. The number of hydrogen-bond donors (Lipinski definition) is 1. The summed E-state index contributed by atoms with van der Waals surface area (Å²) in [5.41, 5.74) is 6.22. The minimum absolute atomic E-state index is 0.0114. The Balaban J connectivity index is 2.08. The molecule has 2 N–H and O–H groups in total. The number of likely N-dealkylation sites (tertiary alicyclic amines) is 1. The summed E-state index contributed by atoms with van der Waals surface area (Å²) in [6, 6.07) is 6.86. The molecule has 1 saturated heterocycles. The van der Waals surface area contributed by atoms with Gasteiger partial charge in [0.2, 0.25) is 5.91 Å². The monoisotopic (exact) mass is 266 g/mol.